The smallest absolute Gasteiger partial charge is 0.145 e. The highest BCUT2D eigenvalue weighted by Gasteiger charge is 1.99. The maximum Gasteiger partial charge on any atom is 0.145 e. The fourth-order valence-electron chi connectivity index (χ4n) is 1.06. The van der Waals surface area contributed by atoms with Gasteiger partial charge in [-0.1, -0.05) is 12.1 Å². The van der Waals surface area contributed by atoms with Gasteiger partial charge in [-0.25, -0.2) is 0 Å². The number of hydrogen-bond donors (Lipinski definition) is 0. The Kier molecular flexibility index (Phi) is 1.90. The molecule has 0 aliphatic carbocycles. The van der Waals surface area contributed by atoms with Crippen LogP contribution in [0.15, 0.2) is 41.4 Å². The van der Waals surface area contributed by atoms with Crippen LogP contribution in [0.2, 0.25) is 0 Å². The van der Waals surface area contributed by atoms with Crippen LogP contribution >= 0.6 is 0 Å². The maximum atomic E-state index is 5.43. The van der Waals surface area contributed by atoms with Gasteiger partial charge in [-0.15, -0.1) is 0 Å². The summed E-state index contributed by atoms with van der Waals surface area (Å²) in [7, 11) is 0. The Bertz CT molecular complexity index is 328. The van der Waals surface area contributed by atoms with Crippen LogP contribution in [0.25, 0.3) is 0 Å². The Morgan fingerprint density at radius 3 is 3.17 bits per heavy atom. The Morgan fingerprint density at radius 1 is 1.25 bits per heavy atom. The predicted molar refractivity (Wildman–Crippen MR) is 49.2 cm³/mol. The molecule has 1 heterocycles. The number of fused-ring (bicyclic) bond motifs is 1. The molecule has 1 aromatic rings. The van der Waals surface area contributed by atoms with Gasteiger partial charge in [0.25, 0.3) is 0 Å². The molecule has 2 heteroatoms. The van der Waals surface area contributed by atoms with Gasteiger partial charge in [0.2, 0.25) is 0 Å². The monoisotopic (exact) mass is 159 g/mol. The van der Waals surface area contributed by atoms with Crippen LogP contribution in [-0.2, 0) is 0 Å². The van der Waals surface area contributed by atoms with Crippen LogP contribution in [0, 0.1) is 0 Å². The maximum absolute atomic E-state index is 5.43. The van der Waals surface area contributed by atoms with Crippen molar-refractivity contribution in [2.45, 2.75) is 0 Å². The summed E-state index contributed by atoms with van der Waals surface area (Å²) in [6.07, 6.45) is 5.59. The van der Waals surface area contributed by atoms with Gasteiger partial charge in [0.15, 0.2) is 0 Å². The quantitative estimate of drug-likeness (QED) is 0.569. The van der Waals surface area contributed by atoms with E-state index in [4.69, 9.17) is 4.74 Å². The van der Waals surface area contributed by atoms with E-state index in [2.05, 4.69) is 4.99 Å². The second-order valence-corrected chi connectivity index (χ2v) is 2.49. The zero-order valence-electron chi connectivity index (χ0n) is 6.60. The molecule has 0 spiro atoms. The minimum atomic E-state index is 0.614. The molecule has 2 nitrogen and oxygen atoms in total. The second-order valence-electron chi connectivity index (χ2n) is 2.49. The number of benzene rings is 1. The van der Waals surface area contributed by atoms with Crippen molar-refractivity contribution in [3.63, 3.8) is 0 Å². The zero-order chi connectivity index (χ0) is 8.23. The van der Waals surface area contributed by atoms with E-state index in [9.17, 15) is 0 Å². The highest BCUT2D eigenvalue weighted by molar-refractivity contribution is 5.76. The first-order valence-corrected chi connectivity index (χ1v) is 3.88. The van der Waals surface area contributed by atoms with E-state index >= 15 is 0 Å². The lowest BCUT2D eigenvalue weighted by Gasteiger charge is -2.06. The van der Waals surface area contributed by atoms with E-state index in [1.807, 2.05) is 36.4 Å². The Labute approximate surface area is 71.2 Å². The molecule has 0 atom stereocenters. The van der Waals surface area contributed by atoms with Crippen molar-refractivity contribution in [3.05, 3.63) is 36.4 Å². The summed E-state index contributed by atoms with van der Waals surface area (Å²) >= 11 is 0. The first-order chi connectivity index (χ1) is 5.97. The molecule has 0 N–H and O–H groups in total. The summed E-state index contributed by atoms with van der Waals surface area (Å²) in [6, 6.07) is 7.75. The molecule has 1 aliphatic heterocycles. The summed E-state index contributed by atoms with van der Waals surface area (Å²) < 4.78 is 5.43. The lowest BCUT2D eigenvalue weighted by atomic mass is 10.3. The van der Waals surface area contributed by atoms with Crippen molar-refractivity contribution in [1.29, 1.82) is 0 Å². The normalized spacial score (nSPS) is 17.0. The molecule has 0 fully saturated rings. The van der Waals surface area contributed by atoms with Gasteiger partial charge < -0.3 is 4.74 Å². The number of rotatable bonds is 0. The Balaban J connectivity index is 2.43. The number of hydrogen-bond acceptors (Lipinski definition) is 2. The highest BCUT2D eigenvalue weighted by atomic mass is 16.5. The first kappa shape index (κ1) is 7.10. The molecule has 12 heavy (non-hydrogen) atoms. The van der Waals surface area contributed by atoms with Crippen LogP contribution < -0.4 is 4.74 Å². The van der Waals surface area contributed by atoms with E-state index in [0.717, 1.165) is 11.4 Å². The molecule has 1 aromatic carbocycles. The van der Waals surface area contributed by atoms with Crippen molar-refractivity contribution >= 4 is 11.9 Å². The minimum Gasteiger partial charge on any atom is -0.487 e. The third-order valence-corrected chi connectivity index (χ3v) is 1.64. The van der Waals surface area contributed by atoms with Crippen LogP contribution in [0.5, 0.6) is 5.75 Å². The van der Waals surface area contributed by atoms with Crippen molar-refractivity contribution in [3.8, 4) is 5.75 Å². The van der Waals surface area contributed by atoms with Gasteiger partial charge in [-0.3, -0.25) is 4.99 Å². The second kappa shape index (κ2) is 3.22. The molecular weight excluding hydrogens is 150 g/mol. The van der Waals surface area contributed by atoms with E-state index in [-0.39, 0.29) is 0 Å². The lowest BCUT2D eigenvalue weighted by Crippen LogP contribution is -1.95. The molecule has 0 unspecified atom stereocenters. The highest BCUT2D eigenvalue weighted by Crippen LogP contribution is 2.26. The molecule has 0 aromatic heterocycles. The topological polar surface area (TPSA) is 21.6 Å². The van der Waals surface area contributed by atoms with E-state index in [1.165, 1.54) is 0 Å². The fraction of sp³-hybridized carbons (Fsp3) is 0.100. The van der Waals surface area contributed by atoms with Gasteiger partial charge >= 0.3 is 0 Å². The van der Waals surface area contributed by atoms with E-state index in [0.29, 0.717) is 6.61 Å². The van der Waals surface area contributed by atoms with Crippen molar-refractivity contribution < 1.29 is 4.74 Å². The molecule has 0 saturated heterocycles. The summed E-state index contributed by atoms with van der Waals surface area (Å²) in [5.41, 5.74) is 0.891. The van der Waals surface area contributed by atoms with Gasteiger partial charge in [0, 0.05) is 6.21 Å². The lowest BCUT2D eigenvalue weighted by molar-refractivity contribution is 0.364. The molecule has 2 rings (SSSR count). The molecule has 0 radical (unpaired) electrons. The summed E-state index contributed by atoms with van der Waals surface area (Å²) in [6.45, 7) is 0.614. The molecule has 60 valence electrons. The van der Waals surface area contributed by atoms with Crippen LogP contribution in [-0.4, -0.2) is 12.8 Å². The third-order valence-electron chi connectivity index (χ3n) is 1.64. The fourth-order valence-corrected chi connectivity index (χ4v) is 1.06. The molecular formula is C10H9NO. The van der Waals surface area contributed by atoms with Gasteiger partial charge in [-0.05, 0) is 24.3 Å². The molecule has 0 bridgehead atoms. The standard InChI is InChI=1S/C10H9NO/c1-2-6-10-9(5-1)11-7-3-4-8-12-10/h1-7H,8H2/b4-3-,11-7?. The number of ether oxygens (including phenoxy) is 1. The van der Waals surface area contributed by atoms with Crippen molar-refractivity contribution in [1.82, 2.24) is 0 Å². The number of para-hydroxylation sites is 2. The van der Waals surface area contributed by atoms with Crippen LogP contribution in [0.3, 0.4) is 0 Å². The summed E-state index contributed by atoms with van der Waals surface area (Å²) in [4.78, 5) is 4.21. The number of allylic oxidation sites excluding steroid dienone is 1. The number of aliphatic imine (C=N–C) groups is 1. The largest absolute Gasteiger partial charge is 0.487 e. The van der Waals surface area contributed by atoms with Crippen molar-refractivity contribution in [2.24, 2.45) is 4.99 Å². The number of nitrogens with zero attached hydrogens (tertiary/aromatic N) is 1. The predicted octanol–water partition coefficient (Wildman–Crippen LogP) is 2.34. The van der Waals surface area contributed by atoms with Crippen molar-refractivity contribution in [2.75, 3.05) is 6.61 Å². The van der Waals surface area contributed by atoms with E-state index in [1.54, 1.807) is 6.21 Å². The SMILES string of the molecule is C1=Nc2ccccc2OC/C=C\1. The van der Waals surface area contributed by atoms with Gasteiger partial charge in [0.1, 0.15) is 18.0 Å². The third kappa shape index (κ3) is 1.37. The van der Waals surface area contributed by atoms with Gasteiger partial charge in [-0.2, -0.15) is 0 Å². The molecule has 0 amide bonds. The minimum absolute atomic E-state index is 0.614. The van der Waals surface area contributed by atoms with Crippen LogP contribution in [0.1, 0.15) is 0 Å². The summed E-state index contributed by atoms with van der Waals surface area (Å²) in [5.74, 6) is 0.845. The van der Waals surface area contributed by atoms with Gasteiger partial charge in [0.05, 0.1) is 0 Å². The average Bonchev–Trinajstić information content (AvgIpc) is 2.06. The summed E-state index contributed by atoms with van der Waals surface area (Å²) in [5, 5.41) is 0. The Hall–Kier alpha value is -1.57. The zero-order valence-corrected chi connectivity index (χ0v) is 6.60. The first-order valence-electron chi connectivity index (χ1n) is 3.88. The Morgan fingerprint density at radius 2 is 2.17 bits per heavy atom. The van der Waals surface area contributed by atoms with Crippen LogP contribution in [0.4, 0.5) is 5.69 Å². The molecule has 0 saturated carbocycles. The average molecular weight is 159 g/mol. The van der Waals surface area contributed by atoms with E-state index < -0.39 is 0 Å². The molecule has 1 aliphatic rings.